The Morgan fingerprint density at radius 1 is 1.42 bits per heavy atom. The Morgan fingerprint density at radius 2 is 2.19 bits per heavy atom. The number of ether oxygens (including phenoxy) is 2. The summed E-state index contributed by atoms with van der Waals surface area (Å²) in [6.45, 7) is 3.28. The van der Waals surface area contributed by atoms with Crippen molar-refractivity contribution in [3.8, 4) is 0 Å². The van der Waals surface area contributed by atoms with Gasteiger partial charge in [0, 0.05) is 0 Å². The van der Waals surface area contributed by atoms with Crippen LogP contribution < -0.4 is 5.73 Å². The fraction of sp³-hybridized carbons (Fsp3) is 0.474. The molecule has 0 saturated carbocycles. The van der Waals surface area contributed by atoms with Crippen LogP contribution in [-0.2, 0) is 24.3 Å². The van der Waals surface area contributed by atoms with Gasteiger partial charge < -0.3 is 0 Å². The fourth-order valence-corrected chi connectivity index (χ4v) is 7.25. The number of H-pyrrole nitrogens is 1. The predicted molar refractivity (Wildman–Crippen MR) is 120 cm³/mol. The van der Waals surface area contributed by atoms with Crippen LogP contribution in [0.15, 0.2) is 27.6 Å². The van der Waals surface area contributed by atoms with E-state index in [2.05, 4.69) is 20.9 Å². The van der Waals surface area contributed by atoms with E-state index in [0.717, 1.165) is 11.6 Å². The molecule has 169 valence electrons. The molecule has 2 heterocycles. The van der Waals surface area contributed by atoms with E-state index in [1.807, 2.05) is 6.92 Å². The second-order valence-electron chi connectivity index (χ2n) is 6.88. The quantitative estimate of drug-likeness (QED) is 0.325. The van der Waals surface area contributed by atoms with Gasteiger partial charge in [-0.1, -0.05) is 0 Å². The summed E-state index contributed by atoms with van der Waals surface area (Å²) in [5.41, 5.74) is 5.76. The topological polar surface area (TPSA) is 132 Å². The van der Waals surface area contributed by atoms with E-state index in [1.165, 1.54) is 4.31 Å². The molecule has 1 radical (unpaired) electrons. The molecular formula is C19H24AsBrN3O6S. The maximum atomic E-state index is 13.5. The van der Waals surface area contributed by atoms with E-state index < -0.39 is 37.8 Å². The number of nitrogens with one attached hydrogen (secondary N) is 1. The van der Waals surface area contributed by atoms with Gasteiger partial charge in [-0.25, -0.2) is 0 Å². The number of rotatable bonds is 10. The molecule has 1 aliphatic rings. The molecule has 1 aromatic carbocycles. The van der Waals surface area contributed by atoms with Crippen molar-refractivity contribution in [2.75, 3.05) is 32.9 Å². The van der Waals surface area contributed by atoms with Gasteiger partial charge in [-0.05, 0) is 0 Å². The van der Waals surface area contributed by atoms with Crippen LogP contribution in [0.5, 0.6) is 0 Å². The summed E-state index contributed by atoms with van der Waals surface area (Å²) in [7, 11) is -4.10. The second-order valence-corrected chi connectivity index (χ2v) is 12.2. The van der Waals surface area contributed by atoms with Gasteiger partial charge in [0.1, 0.15) is 0 Å². The number of carbonyl (C=O) groups is 2. The Kier molecular flexibility index (Phi) is 8.34. The Hall–Kier alpha value is -1.23. The molecule has 9 nitrogen and oxygen atoms in total. The molecule has 0 spiro atoms. The molecule has 1 fully saturated rings. The first kappa shape index (κ1) is 24.4. The molecule has 1 amide bonds. The Balaban J connectivity index is 1.82. The average Bonchev–Trinajstić information content (AvgIpc) is 3.13. The van der Waals surface area contributed by atoms with Gasteiger partial charge in [-0.3, -0.25) is 0 Å². The summed E-state index contributed by atoms with van der Waals surface area (Å²) in [6, 6.07) is 5.03. The Bertz CT molecular complexity index is 1070. The van der Waals surface area contributed by atoms with Crippen LogP contribution in [0.3, 0.4) is 0 Å². The van der Waals surface area contributed by atoms with Crippen molar-refractivity contribution in [1.29, 1.82) is 0 Å². The summed E-state index contributed by atoms with van der Waals surface area (Å²) in [5.74, 6) is -0.869. The molecule has 1 atom stereocenters. The molecule has 31 heavy (non-hydrogen) atoms. The van der Waals surface area contributed by atoms with Crippen LogP contribution in [0, 0.1) is 0 Å². The number of halogens is 1. The molecular weight excluding hydrogens is 553 g/mol. The second kappa shape index (κ2) is 10.6. The van der Waals surface area contributed by atoms with Gasteiger partial charge in [0.15, 0.2) is 0 Å². The standard InChI is InChI=1S/C19H24AsBrN3O6S/c1-2-29-8-3-6-20-18(25)15-11-24(7-9-30-15)31(27,28)17-13-10-12(21)4-5-14(13)23-16(17)19(22)26/h4-5,10,15,23H,2-3,6-9,11H2,1H3,(H2,22,26). The van der Waals surface area contributed by atoms with Crippen LogP contribution in [0.2, 0.25) is 5.21 Å². The van der Waals surface area contributed by atoms with E-state index in [-0.39, 0.29) is 34.9 Å². The molecule has 0 aliphatic carbocycles. The molecule has 0 bridgehead atoms. The number of hydrogen-bond acceptors (Lipinski definition) is 6. The van der Waals surface area contributed by atoms with Gasteiger partial charge in [0.2, 0.25) is 0 Å². The van der Waals surface area contributed by atoms with Crippen molar-refractivity contribution in [2.24, 2.45) is 5.73 Å². The average molecular weight is 577 g/mol. The zero-order valence-electron chi connectivity index (χ0n) is 17.0. The van der Waals surface area contributed by atoms with Crippen molar-refractivity contribution in [2.45, 2.75) is 29.6 Å². The number of benzene rings is 1. The predicted octanol–water partition coefficient (Wildman–Crippen LogP) is 1.49. The Morgan fingerprint density at radius 3 is 2.90 bits per heavy atom. The van der Waals surface area contributed by atoms with Crippen molar-refractivity contribution in [1.82, 2.24) is 9.29 Å². The molecule has 1 saturated heterocycles. The number of fused-ring (bicyclic) bond motifs is 1. The monoisotopic (exact) mass is 576 g/mol. The van der Waals surface area contributed by atoms with E-state index >= 15 is 0 Å². The van der Waals surface area contributed by atoms with E-state index in [1.54, 1.807) is 18.2 Å². The molecule has 12 heteroatoms. The number of carbonyl (C=O) groups excluding carboxylic acids is 2. The van der Waals surface area contributed by atoms with E-state index in [4.69, 9.17) is 15.2 Å². The van der Waals surface area contributed by atoms with Gasteiger partial charge in [0.05, 0.1) is 0 Å². The first-order valence-electron chi connectivity index (χ1n) is 9.77. The molecule has 1 aromatic heterocycles. The normalized spacial score (nSPS) is 18.2. The molecule has 2 aromatic rings. The number of aromatic nitrogens is 1. The van der Waals surface area contributed by atoms with Gasteiger partial charge in [-0.15, -0.1) is 0 Å². The summed E-state index contributed by atoms with van der Waals surface area (Å²) < 4.78 is 39.7. The van der Waals surface area contributed by atoms with Crippen molar-refractivity contribution < 1.29 is 27.5 Å². The number of hydrogen-bond donors (Lipinski definition) is 2. The van der Waals surface area contributed by atoms with Crippen LogP contribution >= 0.6 is 15.9 Å². The van der Waals surface area contributed by atoms with Crippen molar-refractivity contribution in [3.05, 3.63) is 28.4 Å². The number of primary amides is 1. The molecule has 3 N–H and O–H groups in total. The number of aromatic amines is 1. The fourth-order valence-electron chi connectivity index (χ4n) is 3.31. The third-order valence-corrected chi connectivity index (χ3v) is 9.62. The van der Waals surface area contributed by atoms with Crippen LogP contribution in [-0.4, -0.2) is 83.0 Å². The maximum absolute atomic E-state index is 13.5. The van der Waals surface area contributed by atoms with E-state index in [0.29, 0.717) is 28.6 Å². The van der Waals surface area contributed by atoms with Crippen LogP contribution in [0.25, 0.3) is 10.9 Å². The van der Waals surface area contributed by atoms with E-state index in [9.17, 15) is 18.0 Å². The number of nitrogens with zero attached hydrogens (tertiary/aromatic N) is 1. The number of amides is 1. The molecule has 3 rings (SSSR count). The first-order valence-corrected chi connectivity index (χ1v) is 14.3. The summed E-state index contributed by atoms with van der Waals surface area (Å²) in [5, 5.41) is 1.10. The molecule has 1 unspecified atom stereocenters. The zero-order valence-corrected chi connectivity index (χ0v) is 21.2. The SMILES string of the molecule is CCOCCC[As]C(=O)C1CN(S(=O)(=O)c2c(C(N)=O)[nH]c3ccc(Br)cc23)CCO1. The number of morpholine rings is 1. The van der Waals surface area contributed by atoms with Gasteiger partial charge in [0.25, 0.3) is 0 Å². The minimum absolute atomic E-state index is 0.0514. The van der Waals surface area contributed by atoms with Crippen LogP contribution in [0.1, 0.15) is 23.8 Å². The number of sulfonamides is 1. The third kappa shape index (κ3) is 5.58. The van der Waals surface area contributed by atoms with Crippen molar-refractivity contribution >= 4 is 63.1 Å². The first-order chi connectivity index (χ1) is 14.8. The zero-order chi connectivity index (χ0) is 22.6. The van der Waals surface area contributed by atoms with Crippen LogP contribution in [0.4, 0.5) is 0 Å². The van der Waals surface area contributed by atoms with Gasteiger partial charge in [-0.2, -0.15) is 0 Å². The summed E-state index contributed by atoms with van der Waals surface area (Å²) >= 11 is 2.71. The summed E-state index contributed by atoms with van der Waals surface area (Å²) in [4.78, 5) is 27.2. The number of nitrogens with two attached hydrogens (primary N) is 1. The molecule has 1 aliphatic heterocycles. The van der Waals surface area contributed by atoms with Crippen molar-refractivity contribution in [3.63, 3.8) is 0 Å². The van der Waals surface area contributed by atoms with Gasteiger partial charge >= 0.3 is 196 Å². The third-order valence-electron chi connectivity index (χ3n) is 4.78. The Labute approximate surface area is 195 Å². The summed E-state index contributed by atoms with van der Waals surface area (Å²) in [6.07, 6.45) is -0.00914. The minimum atomic E-state index is -4.10.